The lowest BCUT2D eigenvalue weighted by atomic mass is 9.81. The Labute approximate surface area is 114 Å². The van der Waals surface area contributed by atoms with Crippen molar-refractivity contribution in [2.45, 2.75) is 27.7 Å². The van der Waals surface area contributed by atoms with Crippen LogP contribution in [0.5, 0.6) is 0 Å². The second-order valence-electron chi connectivity index (χ2n) is 5.56. The van der Waals surface area contributed by atoms with Gasteiger partial charge in [-0.15, -0.1) is 0 Å². The number of amides is 1. The molecule has 3 N–H and O–H groups in total. The Balaban J connectivity index is 2.75. The Morgan fingerprint density at radius 3 is 2.61 bits per heavy atom. The van der Waals surface area contributed by atoms with Gasteiger partial charge in [0.15, 0.2) is 0 Å². The summed E-state index contributed by atoms with van der Waals surface area (Å²) in [5, 5.41) is 3.42. The summed E-state index contributed by atoms with van der Waals surface area (Å²) in [5.74, 6) is 0.304. The maximum atomic E-state index is 12.0. The number of halogens is 1. The molecule has 4 heteroatoms. The number of nitrogen functional groups attached to an aromatic ring is 1. The predicted molar refractivity (Wildman–Crippen MR) is 76.8 cm³/mol. The molecule has 0 unspecified atom stereocenters. The van der Waals surface area contributed by atoms with E-state index in [1.54, 1.807) is 18.2 Å². The molecule has 0 atom stereocenters. The van der Waals surface area contributed by atoms with Gasteiger partial charge in [-0.25, -0.2) is 0 Å². The van der Waals surface area contributed by atoms with Crippen LogP contribution >= 0.6 is 11.6 Å². The van der Waals surface area contributed by atoms with Crippen molar-refractivity contribution in [2.24, 2.45) is 11.3 Å². The molecule has 0 saturated heterocycles. The number of rotatable bonds is 4. The van der Waals surface area contributed by atoms with Crippen LogP contribution in [0.15, 0.2) is 18.2 Å². The number of benzene rings is 1. The standard InChI is InChI=1S/C14H21ClN2O/c1-9(2)14(3,4)8-17-13(18)11-7-10(15)5-6-12(11)16/h5-7,9H,8,16H2,1-4H3,(H,17,18). The molecule has 0 aliphatic heterocycles. The van der Waals surface area contributed by atoms with Crippen LogP contribution in [0.2, 0.25) is 5.02 Å². The van der Waals surface area contributed by atoms with E-state index in [1.165, 1.54) is 0 Å². The third-order valence-electron chi connectivity index (χ3n) is 3.53. The molecule has 0 aliphatic carbocycles. The second-order valence-corrected chi connectivity index (χ2v) is 5.99. The molecule has 0 saturated carbocycles. The van der Waals surface area contributed by atoms with Crippen molar-refractivity contribution in [3.05, 3.63) is 28.8 Å². The summed E-state index contributed by atoms with van der Waals surface area (Å²) in [4.78, 5) is 12.0. The minimum absolute atomic E-state index is 0.0446. The quantitative estimate of drug-likeness (QED) is 0.823. The van der Waals surface area contributed by atoms with Crippen LogP contribution in [0.3, 0.4) is 0 Å². The van der Waals surface area contributed by atoms with Crippen LogP contribution in [0.25, 0.3) is 0 Å². The average Bonchev–Trinajstić information content (AvgIpc) is 2.29. The van der Waals surface area contributed by atoms with Crippen LogP contribution in [0.1, 0.15) is 38.1 Å². The summed E-state index contributed by atoms with van der Waals surface area (Å²) in [6.07, 6.45) is 0. The fourth-order valence-electron chi connectivity index (χ4n) is 1.33. The van der Waals surface area contributed by atoms with Crippen molar-refractivity contribution in [2.75, 3.05) is 12.3 Å². The molecule has 1 rings (SSSR count). The Kier molecular flexibility index (Phi) is 4.63. The number of carbonyl (C=O) groups is 1. The van der Waals surface area contributed by atoms with Crippen LogP contribution in [-0.2, 0) is 0 Å². The minimum atomic E-state index is -0.177. The van der Waals surface area contributed by atoms with E-state index in [4.69, 9.17) is 17.3 Å². The van der Waals surface area contributed by atoms with Gasteiger partial charge in [-0.3, -0.25) is 4.79 Å². The summed E-state index contributed by atoms with van der Waals surface area (Å²) >= 11 is 5.87. The molecule has 18 heavy (non-hydrogen) atoms. The Morgan fingerprint density at radius 2 is 2.06 bits per heavy atom. The molecule has 100 valence electrons. The van der Waals surface area contributed by atoms with Crippen molar-refractivity contribution in [1.29, 1.82) is 0 Å². The molecule has 3 nitrogen and oxygen atoms in total. The van der Waals surface area contributed by atoms with E-state index in [0.717, 1.165) is 0 Å². The van der Waals surface area contributed by atoms with Crippen molar-refractivity contribution >= 4 is 23.2 Å². The summed E-state index contributed by atoms with van der Waals surface area (Å²) in [6.45, 7) is 9.13. The van der Waals surface area contributed by atoms with Crippen molar-refractivity contribution in [3.63, 3.8) is 0 Å². The number of hydrogen-bond acceptors (Lipinski definition) is 2. The van der Waals surface area contributed by atoms with Gasteiger partial charge in [-0.05, 0) is 29.5 Å². The number of nitrogens with one attached hydrogen (secondary N) is 1. The van der Waals surface area contributed by atoms with Gasteiger partial charge < -0.3 is 11.1 Å². The third-order valence-corrected chi connectivity index (χ3v) is 3.76. The largest absolute Gasteiger partial charge is 0.398 e. The van der Waals surface area contributed by atoms with Gasteiger partial charge in [0.2, 0.25) is 0 Å². The van der Waals surface area contributed by atoms with Crippen molar-refractivity contribution in [1.82, 2.24) is 5.32 Å². The molecular formula is C14H21ClN2O. The first kappa shape index (κ1) is 14.8. The monoisotopic (exact) mass is 268 g/mol. The van der Waals surface area contributed by atoms with Crippen LogP contribution in [0.4, 0.5) is 5.69 Å². The molecule has 0 aliphatic rings. The maximum Gasteiger partial charge on any atom is 0.253 e. The molecule has 0 radical (unpaired) electrons. The Bertz CT molecular complexity index is 441. The Morgan fingerprint density at radius 1 is 1.44 bits per heavy atom. The van der Waals surface area contributed by atoms with Crippen LogP contribution in [0, 0.1) is 11.3 Å². The van der Waals surface area contributed by atoms with E-state index < -0.39 is 0 Å². The summed E-state index contributed by atoms with van der Waals surface area (Å²) in [5.41, 5.74) is 6.69. The number of carbonyl (C=O) groups excluding carboxylic acids is 1. The van der Waals surface area contributed by atoms with Gasteiger partial charge in [-0.1, -0.05) is 39.3 Å². The van der Waals surface area contributed by atoms with E-state index in [2.05, 4.69) is 33.0 Å². The minimum Gasteiger partial charge on any atom is -0.398 e. The average molecular weight is 269 g/mol. The van der Waals surface area contributed by atoms with Gasteiger partial charge in [-0.2, -0.15) is 0 Å². The lowest BCUT2D eigenvalue weighted by Gasteiger charge is -2.29. The van der Waals surface area contributed by atoms with E-state index in [9.17, 15) is 4.79 Å². The van der Waals surface area contributed by atoms with Gasteiger partial charge in [0.1, 0.15) is 0 Å². The zero-order chi connectivity index (χ0) is 13.9. The SMILES string of the molecule is CC(C)C(C)(C)CNC(=O)c1cc(Cl)ccc1N. The topological polar surface area (TPSA) is 55.1 Å². The smallest absolute Gasteiger partial charge is 0.253 e. The third kappa shape index (κ3) is 3.64. The lowest BCUT2D eigenvalue weighted by molar-refractivity contribution is 0.0925. The molecule has 1 amide bonds. The van der Waals surface area contributed by atoms with Gasteiger partial charge >= 0.3 is 0 Å². The molecule has 0 fully saturated rings. The highest BCUT2D eigenvalue weighted by Crippen LogP contribution is 2.25. The highest BCUT2D eigenvalue weighted by molar-refractivity contribution is 6.31. The molecule has 1 aromatic rings. The van der Waals surface area contributed by atoms with Crippen LogP contribution < -0.4 is 11.1 Å². The zero-order valence-corrected chi connectivity index (χ0v) is 12.1. The predicted octanol–water partition coefficient (Wildman–Crippen LogP) is 3.33. The van der Waals surface area contributed by atoms with Crippen molar-refractivity contribution < 1.29 is 4.79 Å². The number of nitrogens with two attached hydrogens (primary N) is 1. The van der Waals surface area contributed by atoms with Crippen molar-refractivity contribution in [3.8, 4) is 0 Å². The summed E-state index contributed by atoms with van der Waals surface area (Å²) < 4.78 is 0. The van der Waals surface area contributed by atoms with E-state index in [1.807, 2.05) is 0 Å². The normalized spacial score (nSPS) is 11.7. The Hall–Kier alpha value is -1.22. The molecule has 1 aromatic carbocycles. The molecule has 0 aromatic heterocycles. The number of anilines is 1. The first-order chi connectivity index (χ1) is 8.24. The van der Waals surface area contributed by atoms with Gasteiger partial charge in [0, 0.05) is 17.3 Å². The van der Waals surface area contributed by atoms with E-state index >= 15 is 0 Å². The summed E-state index contributed by atoms with van der Waals surface area (Å²) in [6, 6.07) is 4.91. The van der Waals surface area contributed by atoms with E-state index in [-0.39, 0.29) is 11.3 Å². The highest BCUT2D eigenvalue weighted by Gasteiger charge is 2.23. The first-order valence-electron chi connectivity index (χ1n) is 6.07. The molecule has 0 heterocycles. The second kappa shape index (κ2) is 5.61. The fraction of sp³-hybridized carbons (Fsp3) is 0.500. The van der Waals surface area contributed by atoms with Gasteiger partial charge in [0.25, 0.3) is 5.91 Å². The van der Waals surface area contributed by atoms with Crippen LogP contribution in [-0.4, -0.2) is 12.5 Å². The first-order valence-corrected chi connectivity index (χ1v) is 6.45. The molecule has 0 bridgehead atoms. The maximum absolute atomic E-state index is 12.0. The van der Waals surface area contributed by atoms with E-state index in [0.29, 0.717) is 28.7 Å². The van der Waals surface area contributed by atoms with Gasteiger partial charge in [0.05, 0.1) is 5.56 Å². The zero-order valence-electron chi connectivity index (χ0n) is 11.4. The molecule has 0 spiro atoms. The molecular weight excluding hydrogens is 248 g/mol. The highest BCUT2D eigenvalue weighted by atomic mass is 35.5. The fourth-order valence-corrected chi connectivity index (χ4v) is 1.50. The lowest BCUT2D eigenvalue weighted by Crippen LogP contribution is -2.37. The summed E-state index contributed by atoms with van der Waals surface area (Å²) in [7, 11) is 0. The number of hydrogen-bond donors (Lipinski definition) is 2.